The van der Waals surface area contributed by atoms with E-state index in [9.17, 15) is 33.2 Å². The Hall–Kier alpha value is -3.50. The molecule has 30 heavy (non-hydrogen) atoms. The Labute approximate surface area is 168 Å². The fourth-order valence-electron chi connectivity index (χ4n) is 3.59. The summed E-state index contributed by atoms with van der Waals surface area (Å²) in [7, 11) is 0. The zero-order valence-corrected chi connectivity index (χ0v) is 15.4. The molecule has 10 heteroatoms. The van der Waals surface area contributed by atoms with Crippen molar-refractivity contribution in [3.63, 3.8) is 0 Å². The lowest BCUT2D eigenvalue weighted by Gasteiger charge is -2.25. The smallest absolute Gasteiger partial charge is 0.254 e. The van der Waals surface area contributed by atoms with Crippen molar-refractivity contribution in [2.75, 3.05) is 9.80 Å². The molecule has 0 unspecified atom stereocenters. The van der Waals surface area contributed by atoms with Gasteiger partial charge in [0.25, 0.3) is 11.8 Å². The van der Waals surface area contributed by atoms with E-state index in [-0.39, 0.29) is 11.4 Å². The summed E-state index contributed by atoms with van der Waals surface area (Å²) in [6, 6.07) is 6.56. The fraction of sp³-hybridized carbons (Fsp3) is 0.200. The van der Waals surface area contributed by atoms with Gasteiger partial charge in [-0.1, -0.05) is 0 Å². The predicted octanol–water partition coefficient (Wildman–Crippen LogP) is 1.62. The summed E-state index contributed by atoms with van der Waals surface area (Å²) >= 11 is 0. The molecule has 2 aromatic rings. The van der Waals surface area contributed by atoms with Crippen LogP contribution in [0.2, 0.25) is 0 Å². The predicted molar refractivity (Wildman–Crippen MR) is 98.2 cm³/mol. The maximum absolute atomic E-state index is 13.1. The summed E-state index contributed by atoms with van der Waals surface area (Å²) < 4.78 is 26.2. The van der Waals surface area contributed by atoms with Crippen LogP contribution in [-0.2, 0) is 19.2 Å². The van der Waals surface area contributed by atoms with Crippen LogP contribution in [0.15, 0.2) is 48.5 Å². The number of halogens is 2. The minimum atomic E-state index is -1.38. The van der Waals surface area contributed by atoms with E-state index in [0.29, 0.717) is 5.06 Å². The maximum Gasteiger partial charge on any atom is 0.254 e. The first kappa shape index (κ1) is 19.8. The Morgan fingerprint density at radius 1 is 0.700 bits per heavy atom. The van der Waals surface area contributed by atoms with Gasteiger partial charge in [0.15, 0.2) is 0 Å². The van der Waals surface area contributed by atoms with Crippen molar-refractivity contribution in [2.45, 2.75) is 24.9 Å². The third kappa shape index (κ3) is 3.25. The lowest BCUT2D eigenvalue weighted by atomic mass is 10.1. The first-order chi connectivity index (χ1) is 14.3. The van der Waals surface area contributed by atoms with Crippen LogP contribution in [0.5, 0.6) is 0 Å². The lowest BCUT2D eigenvalue weighted by Crippen LogP contribution is -2.49. The molecule has 2 aliphatic rings. The van der Waals surface area contributed by atoms with E-state index < -0.39 is 60.2 Å². The van der Waals surface area contributed by atoms with Crippen LogP contribution in [0, 0.1) is 11.6 Å². The summed E-state index contributed by atoms with van der Waals surface area (Å²) in [4.78, 5) is 51.7. The molecule has 2 atom stereocenters. The van der Waals surface area contributed by atoms with E-state index >= 15 is 0 Å². The minimum Gasteiger partial charge on any atom is -0.312 e. The Kier molecular flexibility index (Phi) is 4.88. The van der Waals surface area contributed by atoms with Gasteiger partial charge in [0, 0.05) is 0 Å². The molecule has 4 rings (SSSR count). The standard InChI is InChI=1S/C20H15F2N3O5/c21-11-1-5-13(6-2-11)23-17(26)9-15(19(23)28)25(30)16-10-18(27)24(20(16)29)14-7-3-12(22)4-8-14/h1-8,15-16,30H,9-10H2/t15-,16+. The number of carbonyl (C=O) groups is 4. The van der Waals surface area contributed by atoms with E-state index in [1.165, 1.54) is 24.3 Å². The van der Waals surface area contributed by atoms with Crippen molar-refractivity contribution in [1.82, 2.24) is 5.06 Å². The number of hydrogen-bond donors (Lipinski definition) is 1. The number of benzene rings is 2. The number of anilines is 2. The zero-order valence-electron chi connectivity index (χ0n) is 15.4. The van der Waals surface area contributed by atoms with Crippen LogP contribution >= 0.6 is 0 Å². The van der Waals surface area contributed by atoms with Gasteiger partial charge in [0.1, 0.15) is 23.7 Å². The van der Waals surface area contributed by atoms with Crippen molar-refractivity contribution < 1.29 is 33.2 Å². The van der Waals surface area contributed by atoms with Gasteiger partial charge in [-0.2, -0.15) is 5.06 Å². The first-order valence-electron chi connectivity index (χ1n) is 9.00. The molecule has 2 saturated heterocycles. The van der Waals surface area contributed by atoms with Crippen LogP contribution < -0.4 is 9.80 Å². The highest BCUT2D eigenvalue weighted by atomic mass is 19.1. The topological polar surface area (TPSA) is 98.2 Å². The molecule has 2 heterocycles. The summed E-state index contributed by atoms with van der Waals surface area (Å²) in [6.45, 7) is 0. The van der Waals surface area contributed by atoms with E-state index in [0.717, 1.165) is 34.1 Å². The van der Waals surface area contributed by atoms with Crippen molar-refractivity contribution >= 4 is 35.0 Å². The lowest BCUT2D eigenvalue weighted by molar-refractivity contribution is -0.172. The SMILES string of the molecule is O=C1C[C@@H](N(O)[C@H]2CC(=O)N(c3ccc(F)cc3)C2=O)C(=O)N1c1ccc(F)cc1. The molecular formula is C20H15F2N3O5. The Bertz CT molecular complexity index is 958. The van der Waals surface area contributed by atoms with E-state index in [2.05, 4.69) is 0 Å². The second kappa shape index (κ2) is 7.39. The Morgan fingerprint density at radius 3 is 1.37 bits per heavy atom. The molecule has 0 radical (unpaired) electrons. The fourth-order valence-corrected chi connectivity index (χ4v) is 3.59. The van der Waals surface area contributed by atoms with Crippen molar-refractivity contribution in [1.29, 1.82) is 0 Å². The van der Waals surface area contributed by atoms with Gasteiger partial charge in [0.05, 0.1) is 24.2 Å². The minimum absolute atomic E-state index is 0.129. The number of imide groups is 2. The number of hydrogen-bond acceptors (Lipinski definition) is 6. The zero-order chi connectivity index (χ0) is 21.6. The van der Waals surface area contributed by atoms with Gasteiger partial charge in [0.2, 0.25) is 11.8 Å². The molecule has 0 aliphatic carbocycles. The molecule has 8 nitrogen and oxygen atoms in total. The number of rotatable bonds is 4. The molecule has 4 amide bonds. The number of nitrogens with zero attached hydrogens (tertiary/aromatic N) is 3. The second-order valence-electron chi connectivity index (χ2n) is 6.91. The van der Waals surface area contributed by atoms with Crippen molar-refractivity contribution in [2.24, 2.45) is 0 Å². The van der Waals surface area contributed by atoms with Crippen molar-refractivity contribution in [3.8, 4) is 0 Å². The van der Waals surface area contributed by atoms with Gasteiger partial charge in [-0.25, -0.2) is 18.6 Å². The molecule has 0 aromatic heterocycles. The molecule has 0 spiro atoms. The van der Waals surface area contributed by atoms with Crippen LogP contribution in [0.1, 0.15) is 12.8 Å². The number of carbonyl (C=O) groups excluding carboxylic acids is 4. The quantitative estimate of drug-likeness (QED) is 0.602. The monoisotopic (exact) mass is 415 g/mol. The summed E-state index contributed by atoms with van der Waals surface area (Å²) in [5.74, 6) is -3.96. The van der Waals surface area contributed by atoms with Crippen LogP contribution in [0.25, 0.3) is 0 Å². The van der Waals surface area contributed by atoms with Crippen molar-refractivity contribution in [3.05, 3.63) is 60.2 Å². The van der Waals surface area contributed by atoms with Gasteiger partial charge in [-0.15, -0.1) is 0 Å². The third-order valence-corrected chi connectivity index (χ3v) is 5.05. The van der Waals surface area contributed by atoms with Gasteiger partial charge < -0.3 is 5.21 Å². The second-order valence-corrected chi connectivity index (χ2v) is 6.91. The average Bonchev–Trinajstić information content (AvgIpc) is 3.18. The molecule has 0 bridgehead atoms. The Balaban J connectivity index is 1.55. The molecule has 2 aliphatic heterocycles. The summed E-state index contributed by atoms with van der Waals surface area (Å²) in [5.41, 5.74) is 0.258. The summed E-state index contributed by atoms with van der Waals surface area (Å²) in [6.07, 6.45) is -0.831. The number of hydroxylamine groups is 2. The molecule has 2 fully saturated rings. The largest absolute Gasteiger partial charge is 0.312 e. The summed E-state index contributed by atoms with van der Waals surface area (Å²) in [5, 5.41) is 11.0. The van der Waals surface area contributed by atoms with Gasteiger partial charge in [-0.3, -0.25) is 19.2 Å². The van der Waals surface area contributed by atoms with E-state index in [1.54, 1.807) is 0 Å². The molecule has 154 valence electrons. The third-order valence-electron chi connectivity index (χ3n) is 5.05. The molecule has 1 N–H and O–H groups in total. The molecule has 0 saturated carbocycles. The highest BCUT2D eigenvalue weighted by Gasteiger charge is 2.50. The van der Waals surface area contributed by atoms with Crippen LogP contribution in [0.3, 0.4) is 0 Å². The van der Waals surface area contributed by atoms with Gasteiger partial charge >= 0.3 is 0 Å². The molecular weight excluding hydrogens is 400 g/mol. The maximum atomic E-state index is 13.1. The highest BCUT2D eigenvalue weighted by Crippen LogP contribution is 2.30. The first-order valence-corrected chi connectivity index (χ1v) is 9.00. The normalized spacial score (nSPS) is 22.0. The van der Waals surface area contributed by atoms with E-state index in [1.807, 2.05) is 0 Å². The average molecular weight is 415 g/mol. The van der Waals surface area contributed by atoms with E-state index in [4.69, 9.17) is 0 Å². The van der Waals surface area contributed by atoms with Gasteiger partial charge in [-0.05, 0) is 48.5 Å². The highest BCUT2D eigenvalue weighted by molar-refractivity contribution is 6.24. The number of amides is 4. The Morgan fingerprint density at radius 2 is 1.03 bits per heavy atom. The molecule has 2 aromatic carbocycles. The van der Waals surface area contributed by atoms with Crippen LogP contribution in [-0.4, -0.2) is 46.0 Å². The van der Waals surface area contributed by atoms with Crippen LogP contribution in [0.4, 0.5) is 20.2 Å².